The van der Waals surface area contributed by atoms with Crippen LogP contribution in [0, 0.1) is 11.3 Å². The predicted octanol–water partition coefficient (Wildman–Crippen LogP) is 1.91. The number of hydrogen-bond donors (Lipinski definition) is 1. The molecule has 0 saturated heterocycles. The van der Waals surface area contributed by atoms with Gasteiger partial charge in [-0.1, -0.05) is 12.1 Å². The number of ether oxygens (including phenoxy) is 1. The normalized spacial score (nSPS) is 10.2. The second-order valence-electron chi connectivity index (χ2n) is 4.97. The van der Waals surface area contributed by atoms with Gasteiger partial charge >= 0.3 is 0 Å². The molecule has 0 bridgehead atoms. The topological polar surface area (TPSA) is 107 Å². The summed E-state index contributed by atoms with van der Waals surface area (Å²) in [7, 11) is 1.59. The molecule has 1 aromatic carbocycles. The highest BCUT2D eigenvalue weighted by Gasteiger charge is 2.11. The highest BCUT2D eigenvalue weighted by molar-refractivity contribution is 5.92. The van der Waals surface area contributed by atoms with E-state index in [1.165, 1.54) is 17.1 Å². The Labute approximate surface area is 137 Å². The van der Waals surface area contributed by atoms with Crippen molar-refractivity contribution in [3.05, 3.63) is 60.0 Å². The zero-order chi connectivity index (χ0) is 17.1. The van der Waals surface area contributed by atoms with Gasteiger partial charge in [-0.05, 0) is 17.7 Å². The third-order valence-corrected chi connectivity index (χ3v) is 3.51. The van der Waals surface area contributed by atoms with Gasteiger partial charge in [-0.3, -0.25) is 4.79 Å². The quantitative estimate of drug-likeness (QED) is 0.790. The second kappa shape index (κ2) is 6.22. The van der Waals surface area contributed by atoms with Gasteiger partial charge in [0.05, 0.1) is 30.5 Å². The predicted molar refractivity (Wildman–Crippen MR) is 86.6 cm³/mol. The first-order chi connectivity index (χ1) is 11.6. The molecule has 0 aliphatic carbocycles. The summed E-state index contributed by atoms with van der Waals surface area (Å²) in [4.78, 5) is 15.5. The second-order valence-corrected chi connectivity index (χ2v) is 4.97. The van der Waals surface area contributed by atoms with Gasteiger partial charge in [0, 0.05) is 24.0 Å². The standard InChI is InChI=1S/C17H13N5O2/c1-24-14-4-2-11(3-5-14)15-9-20-16(6-12(15)7-18)22-10-13(8-21-22)17(19)23/h2-6,8-10H,1H3,(H2,19,23). The largest absolute Gasteiger partial charge is 0.497 e. The maximum absolute atomic E-state index is 11.1. The fraction of sp³-hybridized carbons (Fsp3) is 0.0588. The number of primary amides is 1. The van der Waals surface area contributed by atoms with Crippen molar-refractivity contribution < 1.29 is 9.53 Å². The lowest BCUT2D eigenvalue weighted by Gasteiger charge is -2.07. The van der Waals surface area contributed by atoms with Crippen LogP contribution in [0.2, 0.25) is 0 Å². The number of carbonyl (C=O) groups is 1. The molecule has 0 fully saturated rings. The van der Waals surface area contributed by atoms with E-state index in [2.05, 4.69) is 16.2 Å². The molecule has 0 unspecified atom stereocenters. The minimum Gasteiger partial charge on any atom is -0.497 e. The summed E-state index contributed by atoms with van der Waals surface area (Å²) in [6, 6.07) is 11.1. The molecule has 7 heteroatoms. The van der Waals surface area contributed by atoms with Crippen LogP contribution >= 0.6 is 0 Å². The van der Waals surface area contributed by atoms with E-state index in [-0.39, 0.29) is 5.56 Å². The number of amides is 1. The fourth-order valence-corrected chi connectivity index (χ4v) is 2.24. The first-order valence-electron chi connectivity index (χ1n) is 7.02. The Morgan fingerprint density at radius 1 is 1.29 bits per heavy atom. The molecule has 0 saturated carbocycles. The van der Waals surface area contributed by atoms with Crippen molar-refractivity contribution in [3.63, 3.8) is 0 Å². The van der Waals surface area contributed by atoms with Gasteiger partial charge in [-0.15, -0.1) is 0 Å². The Morgan fingerprint density at radius 3 is 2.62 bits per heavy atom. The molecule has 0 spiro atoms. The van der Waals surface area contributed by atoms with Crippen LogP contribution in [0.4, 0.5) is 0 Å². The summed E-state index contributed by atoms with van der Waals surface area (Å²) in [6.07, 6.45) is 4.42. The van der Waals surface area contributed by atoms with Gasteiger partial charge in [0.1, 0.15) is 5.75 Å². The van der Waals surface area contributed by atoms with Gasteiger partial charge in [0.15, 0.2) is 5.82 Å². The van der Waals surface area contributed by atoms with Gasteiger partial charge in [0.2, 0.25) is 0 Å². The molecule has 24 heavy (non-hydrogen) atoms. The average Bonchev–Trinajstić information content (AvgIpc) is 3.12. The molecular weight excluding hydrogens is 306 g/mol. The molecule has 0 aliphatic heterocycles. The summed E-state index contributed by atoms with van der Waals surface area (Å²) in [6.45, 7) is 0. The number of hydrogen-bond acceptors (Lipinski definition) is 5. The van der Waals surface area contributed by atoms with Crippen LogP contribution in [-0.4, -0.2) is 27.8 Å². The summed E-state index contributed by atoms with van der Waals surface area (Å²) in [5.41, 5.74) is 7.48. The van der Waals surface area contributed by atoms with Crippen molar-refractivity contribution in [1.82, 2.24) is 14.8 Å². The minimum absolute atomic E-state index is 0.273. The maximum atomic E-state index is 11.1. The van der Waals surface area contributed by atoms with Crippen LogP contribution in [0.15, 0.2) is 48.9 Å². The van der Waals surface area contributed by atoms with E-state index >= 15 is 0 Å². The Balaban J connectivity index is 2.01. The zero-order valence-electron chi connectivity index (χ0n) is 12.8. The van der Waals surface area contributed by atoms with Crippen LogP contribution in [-0.2, 0) is 0 Å². The van der Waals surface area contributed by atoms with Gasteiger partial charge in [0.25, 0.3) is 5.91 Å². The summed E-state index contributed by atoms with van der Waals surface area (Å²) in [5.74, 6) is 0.588. The number of nitriles is 1. The lowest BCUT2D eigenvalue weighted by Crippen LogP contribution is -2.09. The lowest BCUT2D eigenvalue weighted by atomic mass is 10.0. The third-order valence-electron chi connectivity index (χ3n) is 3.51. The number of nitrogens with zero attached hydrogens (tertiary/aromatic N) is 4. The Bertz CT molecular complexity index is 938. The van der Waals surface area contributed by atoms with E-state index in [4.69, 9.17) is 10.5 Å². The van der Waals surface area contributed by atoms with Gasteiger partial charge < -0.3 is 10.5 Å². The number of aromatic nitrogens is 3. The van der Waals surface area contributed by atoms with Crippen LogP contribution < -0.4 is 10.5 Å². The van der Waals surface area contributed by atoms with Crippen molar-refractivity contribution >= 4 is 5.91 Å². The van der Waals surface area contributed by atoms with Crippen LogP contribution in [0.1, 0.15) is 15.9 Å². The molecular formula is C17H13N5O2. The van der Waals surface area contributed by atoms with Crippen molar-refractivity contribution in [1.29, 1.82) is 5.26 Å². The van der Waals surface area contributed by atoms with Gasteiger partial charge in [-0.2, -0.15) is 10.4 Å². The van der Waals surface area contributed by atoms with E-state index in [9.17, 15) is 10.1 Å². The molecule has 118 valence electrons. The molecule has 2 heterocycles. The zero-order valence-corrected chi connectivity index (χ0v) is 12.8. The van der Waals surface area contributed by atoms with Crippen LogP contribution in [0.3, 0.4) is 0 Å². The van der Waals surface area contributed by atoms with E-state index in [1.54, 1.807) is 19.4 Å². The Kier molecular flexibility index (Phi) is 3.95. The summed E-state index contributed by atoms with van der Waals surface area (Å²) >= 11 is 0. The van der Waals surface area contributed by atoms with Crippen molar-refractivity contribution in [2.75, 3.05) is 7.11 Å². The molecule has 0 radical (unpaired) electrons. The number of carbonyl (C=O) groups excluding carboxylic acids is 1. The minimum atomic E-state index is -0.573. The molecule has 2 aromatic heterocycles. The highest BCUT2D eigenvalue weighted by Crippen LogP contribution is 2.26. The smallest absolute Gasteiger partial charge is 0.251 e. The van der Waals surface area contributed by atoms with Crippen molar-refractivity contribution in [2.45, 2.75) is 0 Å². The van der Waals surface area contributed by atoms with Crippen LogP contribution in [0.5, 0.6) is 5.75 Å². The number of rotatable bonds is 4. The fourth-order valence-electron chi connectivity index (χ4n) is 2.24. The first-order valence-corrected chi connectivity index (χ1v) is 7.02. The number of benzene rings is 1. The third kappa shape index (κ3) is 2.80. The molecule has 2 N–H and O–H groups in total. The monoisotopic (exact) mass is 319 g/mol. The average molecular weight is 319 g/mol. The SMILES string of the molecule is COc1ccc(-c2cnc(-n3cc(C(N)=O)cn3)cc2C#N)cc1. The Hall–Kier alpha value is -3.66. The van der Waals surface area contributed by atoms with Crippen LogP contribution in [0.25, 0.3) is 16.9 Å². The molecule has 0 atom stereocenters. The van der Waals surface area contributed by atoms with E-state index in [0.717, 1.165) is 11.3 Å². The molecule has 7 nitrogen and oxygen atoms in total. The summed E-state index contributed by atoms with van der Waals surface area (Å²) in [5, 5.41) is 13.5. The molecule has 3 aromatic rings. The number of nitrogens with two attached hydrogens (primary N) is 1. The van der Waals surface area contributed by atoms with Crippen molar-refractivity contribution in [3.8, 4) is 28.8 Å². The van der Waals surface area contributed by atoms with E-state index in [0.29, 0.717) is 16.9 Å². The molecule has 3 rings (SSSR count). The molecule has 1 amide bonds. The van der Waals surface area contributed by atoms with Crippen molar-refractivity contribution in [2.24, 2.45) is 5.73 Å². The summed E-state index contributed by atoms with van der Waals surface area (Å²) < 4.78 is 6.53. The first kappa shape index (κ1) is 15.2. The molecule has 0 aliphatic rings. The van der Waals surface area contributed by atoms with Gasteiger partial charge in [-0.25, -0.2) is 9.67 Å². The van der Waals surface area contributed by atoms with E-state index < -0.39 is 5.91 Å². The highest BCUT2D eigenvalue weighted by atomic mass is 16.5. The number of pyridine rings is 1. The van der Waals surface area contributed by atoms with E-state index in [1.807, 2.05) is 24.3 Å². The lowest BCUT2D eigenvalue weighted by molar-refractivity contribution is 0.100. The maximum Gasteiger partial charge on any atom is 0.251 e. The Morgan fingerprint density at radius 2 is 2.04 bits per heavy atom. The number of methoxy groups -OCH3 is 1.